The Labute approximate surface area is 130 Å². The SMILES string of the molecule is Cc1nc2c(cc1Cc1ncccc1C1CC1)C(=O)NCC2. The molecule has 0 spiro atoms. The first-order valence-corrected chi connectivity index (χ1v) is 7.94. The summed E-state index contributed by atoms with van der Waals surface area (Å²) in [6.07, 6.45) is 5.96. The number of nitrogens with zero attached hydrogens (tertiary/aromatic N) is 2. The second-order valence-corrected chi connectivity index (χ2v) is 6.22. The minimum atomic E-state index is -0.00145. The van der Waals surface area contributed by atoms with Crippen molar-refractivity contribution in [1.29, 1.82) is 0 Å². The Bertz CT molecular complexity index is 750. The lowest BCUT2D eigenvalue weighted by Gasteiger charge is -2.18. The normalized spacial score (nSPS) is 17.0. The number of pyridine rings is 2. The van der Waals surface area contributed by atoms with Gasteiger partial charge in [0.15, 0.2) is 0 Å². The quantitative estimate of drug-likeness (QED) is 0.946. The van der Waals surface area contributed by atoms with E-state index in [0.717, 1.165) is 41.1 Å². The van der Waals surface area contributed by atoms with Crippen LogP contribution in [0.1, 0.15) is 57.3 Å². The summed E-state index contributed by atoms with van der Waals surface area (Å²) < 4.78 is 0. The summed E-state index contributed by atoms with van der Waals surface area (Å²) in [5, 5.41) is 2.89. The lowest BCUT2D eigenvalue weighted by Crippen LogP contribution is -2.32. The Balaban J connectivity index is 1.71. The Kier molecular flexibility index (Phi) is 3.17. The van der Waals surface area contributed by atoms with Crippen LogP contribution >= 0.6 is 0 Å². The first-order chi connectivity index (χ1) is 10.7. The molecule has 4 heteroatoms. The molecule has 1 amide bonds. The van der Waals surface area contributed by atoms with Crippen molar-refractivity contribution >= 4 is 5.91 Å². The molecule has 1 N–H and O–H groups in total. The minimum Gasteiger partial charge on any atom is -0.352 e. The van der Waals surface area contributed by atoms with Crippen LogP contribution in [0.2, 0.25) is 0 Å². The molecule has 0 saturated heterocycles. The van der Waals surface area contributed by atoms with Crippen LogP contribution in [0.3, 0.4) is 0 Å². The molecule has 4 rings (SSSR count). The minimum absolute atomic E-state index is 0.00145. The average Bonchev–Trinajstić information content (AvgIpc) is 3.34. The highest BCUT2D eigenvalue weighted by Crippen LogP contribution is 2.41. The zero-order valence-corrected chi connectivity index (χ0v) is 12.7. The third kappa shape index (κ3) is 2.39. The number of aryl methyl sites for hydroxylation is 1. The highest BCUT2D eigenvalue weighted by Gasteiger charge is 2.27. The van der Waals surface area contributed by atoms with Gasteiger partial charge >= 0.3 is 0 Å². The monoisotopic (exact) mass is 293 g/mol. The topological polar surface area (TPSA) is 54.9 Å². The number of fused-ring (bicyclic) bond motifs is 1. The molecule has 2 aliphatic rings. The molecule has 0 radical (unpaired) electrons. The van der Waals surface area contributed by atoms with Gasteiger partial charge in [-0.25, -0.2) is 0 Å². The molecule has 1 aliphatic carbocycles. The van der Waals surface area contributed by atoms with E-state index in [0.29, 0.717) is 12.5 Å². The Morgan fingerprint density at radius 2 is 2.23 bits per heavy atom. The average molecular weight is 293 g/mol. The Morgan fingerprint density at radius 1 is 1.36 bits per heavy atom. The van der Waals surface area contributed by atoms with Gasteiger partial charge in [0.1, 0.15) is 0 Å². The van der Waals surface area contributed by atoms with Crippen molar-refractivity contribution in [2.45, 2.75) is 38.5 Å². The summed E-state index contributed by atoms with van der Waals surface area (Å²) in [7, 11) is 0. The van der Waals surface area contributed by atoms with E-state index in [1.54, 1.807) is 0 Å². The molecular weight excluding hydrogens is 274 g/mol. The molecule has 0 aromatic carbocycles. The van der Waals surface area contributed by atoms with E-state index in [-0.39, 0.29) is 5.91 Å². The standard InChI is InChI=1S/C18H19N3O/c1-11-13(9-15-16(21-11)6-8-20-18(15)22)10-17-14(12-4-5-12)3-2-7-19-17/h2-3,7,9,12H,4-6,8,10H2,1H3,(H,20,22). The number of carbonyl (C=O) groups excluding carboxylic acids is 1. The van der Waals surface area contributed by atoms with Crippen LogP contribution in [0.15, 0.2) is 24.4 Å². The molecule has 2 aromatic heterocycles. The van der Waals surface area contributed by atoms with E-state index in [1.165, 1.54) is 18.4 Å². The summed E-state index contributed by atoms with van der Waals surface area (Å²) >= 11 is 0. The fourth-order valence-corrected chi connectivity index (χ4v) is 3.20. The van der Waals surface area contributed by atoms with Crippen LogP contribution in [-0.4, -0.2) is 22.4 Å². The molecule has 1 saturated carbocycles. The highest BCUT2D eigenvalue weighted by atomic mass is 16.1. The van der Waals surface area contributed by atoms with Gasteiger partial charge in [0.25, 0.3) is 5.91 Å². The molecule has 1 fully saturated rings. The van der Waals surface area contributed by atoms with E-state index >= 15 is 0 Å². The van der Waals surface area contributed by atoms with E-state index in [9.17, 15) is 4.79 Å². The highest BCUT2D eigenvalue weighted by molar-refractivity contribution is 5.96. The molecular formula is C18H19N3O. The third-order valence-electron chi connectivity index (χ3n) is 4.59. The summed E-state index contributed by atoms with van der Waals surface area (Å²) in [6.45, 7) is 2.71. The van der Waals surface area contributed by atoms with Crippen molar-refractivity contribution < 1.29 is 4.79 Å². The van der Waals surface area contributed by atoms with Crippen LogP contribution < -0.4 is 5.32 Å². The molecule has 4 nitrogen and oxygen atoms in total. The van der Waals surface area contributed by atoms with E-state index in [1.807, 2.05) is 25.3 Å². The van der Waals surface area contributed by atoms with Crippen LogP contribution in [0.4, 0.5) is 0 Å². The van der Waals surface area contributed by atoms with Crippen LogP contribution in [0.5, 0.6) is 0 Å². The lowest BCUT2D eigenvalue weighted by atomic mass is 9.97. The summed E-state index contributed by atoms with van der Waals surface area (Å²) in [6, 6.07) is 6.22. The predicted molar refractivity (Wildman–Crippen MR) is 84.0 cm³/mol. The fraction of sp³-hybridized carbons (Fsp3) is 0.389. The number of rotatable bonds is 3. The van der Waals surface area contributed by atoms with Gasteiger partial charge in [0.05, 0.1) is 11.3 Å². The number of carbonyl (C=O) groups is 1. The second-order valence-electron chi connectivity index (χ2n) is 6.22. The third-order valence-corrected chi connectivity index (χ3v) is 4.59. The zero-order valence-electron chi connectivity index (χ0n) is 12.7. The Morgan fingerprint density at radius 3 is 3.05 bits per heavy atom. The fourth-order valence-electron chi connectivity index (χ4n) is 3.20. The molecule has 112 valence electrons. The molecule has 0 atom stereocenters. The number of amides is 1. The maximum Gasteiger partial charge on any atom is 0.253 e. The van der Waals surface area contributed by atoms with Crippen molar-refractivity contribution in [3.05, 3.63) is 58.2 Å². The van der Waals surface area contributed by atoms with Gasteiger partial charge in [-0.3, -0.25) is 14.8 Å². The number of hydrogen-bond donors (Lipinski definition) is 1. The summed E-state index contributed by atoms with van der Waals surface area (Å²) in [5.74, 6) is 0.677. The van der Waals surface area contributed by atoms with E-state index in [4.69, 9.17) is 0 Å². The predicted octanol–water partition coefficient (Wildman–Crippen LogP) is 2.54. The number of aromatic nitrogens is 2. The van der Waals surface area contributed by atoms with E-state index < -0.39 is 0 Å². The summed E-state index contributed by atoms with van der Waals surface area (Å²) in [4.78, 5) is 21.3. The van der Waals surface area contributed by atoms with Gasteiger partial charge in [-0.2, -0.15) is 0 Å². The van der Waals surface area contributed by atoms with Crippen LogP contribution in [0.25, 0.3) is 0 Å². The lowest BCUT2D eigenvalue weighted by molar-refractivity contribution is 0.0945. The maximum absolute atomic E-state index is 12.0. The van der Waals surface area contributed by atoms with Gasteiger partial charge in [-0.1, -0.05) is 6.07 Å². The van der Waals surface area contributed by atoms with Gasteiger partial charge in [0.2, 0.25) is 0 Å². The second kappa shape index (κ2) is 5.20. The molecule has 22 heavy (non-hydrogen) atoms. The largest absolute Gasteiger partial charge is 0.352 e. The van der Waals surface area contributed by atoms with Gasteiger partial charge < -0.3 is 5.32 Å². The molecule has 1 aliphatic heterocycles. The molecule has 0 bridgehead atoms. The first-order valence-electron chi connectivity index (χ1n) is 7.94. The smallest absolute Gasteiger partial charge is 0.253 e. The number of nitrogens with one attached hydrogen (secondary N) is 1. The van der Waals surface area contributed by atoms with Crippen LogP contribution in [-0.2, 0) is 12.8 Å². The van der Waals surface area contributed by atoms with Crippen LogP contribution in [0, 0.1) is 6.92 Å². The van der Waals surface area contributed by atoms with Gasteiger partial charge in [-0.15, -0.1) is 0 Å². The van der Waals surface area contributed by atoms with Gasteiger partial charge in [-0.05, 0) is 48.9 Å². The molecule has 2 aromatic rings. The van der Waals surface area contributed by atoms with Gasteiger partial charge in [0, 0.05) is 37.0 Å². The van der Waals surface area contributed by atoms with Crippen molar-refractivity contribution in [2.75, 3.05) is 6.54 Å². The first kappa shape index (κ1) is 13.4. The van der Waals surface area contributed by atoms with Crippen molar-refractivity contribution in [3.8, 4) is 0 Å². The summed E-state index contributed by atoms with van der Waals surface area (Å²) in [5.41, 5.74) is 6.27. The number of hydrogen-bond acceptors (Lipinski definition) is 3. The molecule has 3 heterocycles. The molecule has 0 unspecified atom stereocenters. The van der Waals surface area contributed by atoms with Crippen molar-refractivity contribution in [1.82, 2.24) is 15.3 Å². The Hall–Kier alpha value is -2.23. The zero-order chi connectivity index (χ0) is 15.1. The maximum atomic E-state index is 12.0. The van der Waals surface area contributed by atoms with Crippen molar-refractivity contribution in [2.24, 2.45) is 0 Å². The van der Waals surface area contributed by atoms with E-state index in [2.05, 4.69) is 21.4 Å². The van der Waals surface area contributed by atoms with Crippen molar-refractivity contribution in [3.63, 3.8) is 0 Å².